The van der Waals surface area contributed by atoms with Crippen molar-refractivity contribution in [2.24, 2.45) is 0 Å². The summed E-state index contributed by atoms with van der Waals surface area (Å²) in [6.07, 6.45) is 0. The van der Waals surface area contributed by atoms with Gasteiger partial charge in [0, 0.05) is 17.3 Å². The molecule has 0 fully saturated rings. The molecule has 2 aromatic carbocycles. The topological polar surface area (TPSA) is 75.7 Å². The number of carbonyl (C=O) groups is 1. The van der Waals surface area contributed by atoms with Crippen molar-refractivity contribution in [2.75, 3.05) is 24.4 Å². The van der Waals surface area contributed by atoms with Crippen LogP contribution in [0.5, 0.6) is 5.75 Å². The fourth-order valence-corrected chi connectivity index (χ4v) is 4.36. The first-order valence-electron chi connectivity index (χ1n) is 8.17. The van der Waals surface area contributed by atoms with Crippen LogP contribution in [0.1, 0.15) is 22.8 Å². The number of nitrogens with zero attached hydrogens (tertiary/aromatic N) is 1. The second-order valence-electron chi connectivity index (χ2n) is 5.96. The lowest BCUT2D eigenvalue weighted by Gasteiger charge is -2.17. The lowest BCUT2D eigenvalue weighted by atomic mass is 10.1. The number of benzene rings is 2. The van der Waals surface area contributed by atoms with E-state index in [-0.39, 0.29) is 16.5 Å². The highest BCUT2D eigenvalue weighted by Gasteiger charge is 2.24. The number of sulfonamides is 1. The third kappa shape index (κ3) is 3.64. The molecule has 1 amide bonds. The number of hydrogen-bond acceptors (Lipinski definition) is 4. The standard InChI is InChI=1S/C18H19ClN2O4S/c1-3-21-8-9-25-16-7-6-14(11-15(16)18(21)22)20-26(23,24)17-10-13(19)5-4-12(17)2/h4-7,10-11,20H,3,8-9H2,1-2H3. The van der Waals surface area contributed by atoms with Gasteiger partial charge in [0.15, 0.2) is 0 Å². The van der Waals surface area contributed by atoms with Crippen molar-refractivity contribution in [2.45, 2.75) is 18.7 Å². The summed E-state index contributed by atoms with van der Waals surface area (Å²) >= 11 is 5.93. The summed E-state index contributed by atoms with van der Waals surface area (Å²) in [6, 6.07) is 9.36. The van der Waals surface area contributed by atoms with E-state index in [1.165, 1.54) is 12.1 Å². The summed E-state index contributed by atoms with van der Waals surface area (Å²) in [5, 5.41) is 0.333. The summed E-state index contributed by atoms with van der Waals surface area (Å²) < 4.78 is 33.5. The molecule has 0 bridgehead atoms. The summed E-state index contributed by atoms with van der Waals surface area (Å²) in [6.45, 7) is 5.03. The zero-order chi connectivity index (χ0) is 18.9. The Hall–Kier alpha value is -2.25. The van der Waals surface area contributed by atoms with Gasteiger partial charge in [0.25, 0.3) is 15.9 Å². The predicted molar refractivity (Wildman–Crippen MR) is 101 cm³/mol. The second kappa shape index (κ2) is 7.17. The van der Waals surface area contributed by atoms with Crippen LogP contribution < -0.4 is 9.46 Å². The van der Waals surface area contributed by atoms with Crippen molar-refractivity contribution < 1.29 is 17.9 Å². The molecule has 26 heavy (non-hydrogen) atoms. The van der Waals surface area contributed by atoms with Crippen molar-refractivity contribution in [1.29, 1.82) is 0 Å². The molecule has 0 radical (unpaired) electrons. The van der Waals surface area contributed by atoms with Gasteiger partial charge >= 0.3 is 0 Å². The Morgan fingerprint density at radius 3 is 2.73 bits per heavy atom. The van der Waals surface area contributed by atoms with E-state index in [0.29, 0.717) is 41.6 Å². The van der Waals surface area contributed by atoms with Crippen LogP contribution >= 0.6 is 11.6 Å². The number of anilines is 1. The number of aryl methyl sites for hydroxylation is 1. The maximum absolute atomic E-state index is 12.7. The molecule has 0 saturated carbocycles. The largest absolute Gasteiger partial charge is 0.491 e. The number of nitrogens with one attached hydrogen (secondary N) is 1. The van der Waals surface area contributed by atoms with E-state index in [9.17, 15) is 13.2 Å². The molecule has 0 aliphatic carbocycles. The fourth-order valence-electron chi connectivity index (χ4n) is 2.80. The molecule has 0 saturated heterocycles. The number of amides is 1. The van der Waals surface area contributed by atoms with Crippen molar-refractivity contribution in [3.63, 3.8) is 0 Å². The molecule has 8 heteroatoms. The van der Waals surface area contributed by atoms with Gasteiger partial charge in [0.05, 0.1) is 17.0 Å². The highest BCUT2D eigenvalue weighted by atomic mass is 35.5. The van der Waals surface area contributed by atoms with Gasteiger partial charge in [0.2, 0.25) is 0 Å². The molecule has 0 atom stereocenters. The van der Waals surface area contributed by atoms with Gasteiger partial charge in [-0.05, 0) is 49.7 Å². The van der Waals surface area contributed by atoms with E-state index in [1.54, 1.807) is 36.1 Å². The maximum Gasteiger partial charge on any atom is 0.262 e. The third-order valence-corrected chi connectivity index (χ3v) is 5.95. The zero-order valence-corrected chi connectivity index (χ0v) is 16.0. The Balaban J connectivity index is 1.96. The average molecular weight is 395 g/mol. The SMILES string of the molecule is CCN1CCOc2ccc(NS(=O)(=O)c3cc(Cl)ccc3C)cc2C1=O. The first-order chi connectivity index (χ1) is 12.3. The highest BCUT2D eigenvalue weighted by molar-refractivity contribution is 7.92. The van der Waals surface area contributed by atoms with Crippen molar-refractivity contribution in [3.8, 4) is 5.75 Å². The average Bonchev–Trinajstić information content (AvgIpc) is 2.75. The van der Waals surface area contributed by atoms with Crippen LogP contribution in [0.2, 0.25) is 5.02 Å². The van der Waals surface area contributed by atoms with Gasteiger partial charge in [-0.15, -0.1) is 0 Å². The van der Waals surface area contributed by atoms with E-state index in [0.717, 1.165) is 0 Å². The molecule has 0 aromatic heterocycles. The number of fused-ring (bicyclic) bond motifs is 1. The molecule has 1 heterocycles. The molecule has 1 N–H and O–H groups in total. The molecular weight excluding hydrogens is 376 g/mol. The predicted octanol–water partition coefficient (Wildman–Crippen LogP) is 3.30. The van der Waals surface area contributed by atoms with E-state index in [1.807, 2.05) is 6.92 Å². The molecule has 1 aliphatic rings. The first-order valence-corrected chi connectivity index (χ1v) is 10.0. The van der Waals surface area contributed by atoms with Gasteiger partial charge in [-0.1, -0.05) is 17.7 Å². The minimum atomic E-state index is -3.84. The summed E-state index contributed by atoms with van der Waals surface area (Å²) in [5.74, 6) is 0.271. The van der Waals surface area contributed by atoms with Crippen LogP contribution in [0.3, 0.4) is 0 Å². The summed E-state index contributed by atoms with van der Waals surface area (Å²) in [5.41, 5.74) is 1.21. The minimum Gasteiger partial charge on any atom is -0.491 e. The molecule has 6 nitrogen and oxygen atoms in total. The van der Waals surface area contributed by atoms with E-state index in [2.05, 4.69) is 4.72 Å². The minimum absolute atomic E-state index is 0.0951. The number of carbonyl (C=O) groups excluding carboxylic acids is 1. The Morgan fingerprint density at radius 1 is 1.23 bits per heavy atom. The van der Waals surface area contributed by atoms with Crippen LogP contribution in [0.4, 0.5) is 5.69 Å². The molecule has 1 aliphatic heterocycles. The number of halogens is 1. The fraction of sp³-hybridized carbons (Fsp3) is 0.278. The maximum atomic E-state index is 12.7. The van der Waals surface area contributed by atoms with E-state index in [4.69, 9.17) is 16.3 Å². The van der Waals surface area contributed by atoms with Gasteiger partial charge in [-0.2, -0.15) is 0 Å². The highest BCUT2D eigenvalue weighted by Crippen LogP contribution is 2.28. The van der Waals surface area contributed by atoms with Gasteiger partial charge in [-0.3, -0.25) is 9.52 Å². The molecule has 0 spiro atoms. The lowest BCUT2D eigenvalue weighted by Crippen LogP contribution is -2.32. The molecule has 0 unspecified atom stereocenters. The summed E-state index contributed by atoms with van der Waals surface area (Å²) in [4.78, 5) is 14.4. The number of hydrogen-bond donors (Lipinski definition) is 1. The quantitative estimate of drug-likeness (QED) is 0.863. The number of ether oxygens (including phenoxy) is 1. The van der Waals surface area contributed by atoms with Crippen LogP contribution in [0, 0.1) is 6.92 Å². The van der Waals surface area contributed by atoms with Crippen molar-refractivity contribution >= 4 is 33.2 Å². The van der Waals surface area contributed by atoms with Crippen LogP contribution in [0.25, 0.3) is 0 Å². The van der Waals surface area contributed by atoms with E-state index < -0.39 is 10.0 Å². The Labute approximate surface area is 157 Å². The van der Waals surface area contributed by atoms with Gasteiger partial charge < -0.3 is 9.64 Å². The van der Waals surface area contributed by atoms with Gasteiger partial charge in [-0.25, -0.2) is 8.42 Å². The van der Waals surface area contributed by atoms with Crippen molar-refractivity contribution in [1.82, 2.24) is 4.90 Å². The van der Waals surface area contributed by atoms with Crippen molar-refractivity contribution in [3.05, 3.63) is 52.5 Å². The molecule has 3 rings (SSSR count). The van der Waals surface area contributed by atoms with Crippen LogP contribution in [-0.2, 0) is 10.0 Å². The third-order valence-electron chi connectivity index (χ3n) is 4.19. The molecule has 2 aromatic rings. The van der Waals surface area contributed by atoms with E-state index >= 15 is 0 Å². The summed E-state index contributed by atoms with van der Waals surface area (Å²) in [7, 11) is -3.84. The number of rotatable bonds is 4. The smallest absolute Gasteiger partial charge is 0.262 e. The second-order valence-corrected chi connectivity index (χ2v) is 8.05. The molecule has 138 valence electrons. The Kier molecular flexibility index (Phi) is 5.11. The zero-order valence-electron chi connectivity index (χ0n) is 14.5. The lowest BCUT2D eigenvalue weighted by molar-refractivity contribution is 0.0765. The Bertz CT molecular complexity index is 960. The first kappa shape index (κ1) is 18.5. The Morgan fingerprint density at radius 2 is 2.00 bits per heavy atom. The number of likely N-dealkylation sites (N-methyl/N-ethyl adjacent to an activating group) is 1. The normalized spacial score (nSPS) is 14.4. The monoisotopic (exact) mass is 394 g/mol. The van der Waals surface area contributed by atoms with Crippen LogP contribution in [0.15, 0.2) is 41.3 Å². The van der Waals surface area contributed by atoms with Crippen LogP contribution in [-0.4, -0.2) is 38.9 Å². The molecular formula is C18H19ClN2O4S. The van der Waals surface area contributed by atoms with Gasteiger partial charge in [0.1, 0.15) is 12.4 Å².